The summed E-state index contributed by atoms with van der Waals surface area (Å²) in [7, 11) is 0. The first kappa shape index (κ1) is 19.7. The van der Waals surface area contributed by atoms with E-state index in [2.05, 4.69) is 15.7 Å². The number of halogens is 1. The zero-order chi connectivity index (χ0) is 20.3. The van der Waals surface area contributed by atoms with Crippen LogP contribution in [0.25, 0.3) is 0 Å². The van der Waals surface area contributed by atoms with Crippen LogP contribution in [0.2, 0.25) is 0 Å². The van der Waals surface area contributed by atoms with Gasteiger partial charge in [0, 0.05) is 17.3 Å². The molecule has 1 aromatic carbocycles. The molecule has 9 heteroatoms. The van der Waals surface area contributed by atoms with E-state index in [0.29, 0.717) is 36.0 Å². The van der Waals surface area contributed by atoms with Crippen LogP contribution in [0.15, 0.2) is 30.6 Å². The zero-order valence-corrected chi connectivity index (χ0v) is 16.2. The Bertz CT molecular complexity index is 875. The summed E-state index contributed by atoms with van der Waals surface area (Å²) in [5.41, 5.74) is 1.07. The summed E-state index contributed by atoms with van der Waals surface area (Å²) in [4.78, 5) is 26.7. The number of carbonyl (C=O) groups is 2. The molecule has 1 aliphatic rings. The van der Waals surface area contributed by atoms with Crippen LogP contribution in [-0.4, -0.2) is 41.5 Å². The number of urea groups is 1. The Balaban J connectivity index is 1.73. The van der Waals surface area contributed by atoms with Crippen molar-refractivity contribution < 1.29 is 18.7 Å². The Labute approximate surface area is 162 Å². The number of alkyl halides is 1. The summed E-state index contributed by atoms with van der Waals surface area (Å²) in [5.74, 6) is 0.584. The van der Waals surface area contributed by atoms with E-state index in [0.717, 1.165) is 0 Å². The van der Waals surface area contributed by atoms with Crippen molar-refractivity contribution in [2.24, 2.45) is 5.41 Å². The van der Waals surface area contributed by atoms with Crippen molar-refractivity contribution >= 4 is 29.0 Å². The van der Waals surface area contributed by atoms with Crippen molar-refractivity contribution in [3.8, 4) is 5.75 Å². The molecule has 0 unspecified atom stereocenters. The highest BCUT2D eigenvalue weighted by Gasteiger charge is 2.32. The van der Waals surface area contributed by atoms with E-state index in [9.17, 15) is 14.0 Å². The maximum Gasteiger partial charge on any atom is 0.323 e. The van der Waals surface area contributed by atoms with Crippen LogP contribution in [-0.2, 0) is 11.3 Å². The van der Waals surface area contributed by atoms with Crippen LogP contribution in [0.1, 0.15) is 20.8 Å². The molecule has 8 nitrogen and oxygen atoms in total. The summed E-state index contributed by atoms with van der Waals surface area (Å²) >= 11 is 0. The van der Waals surface area contributed by atoms with E-state index < -0.39 is 18.1 Å². The second-order valence-corrected chi connectivity index (χ2v) is 7.50. The smallest absolute Gasteiger partial charge is 0.323 e. The third-order valence-corrected chi connectivity index (χ3v) is 4.17. The van der Waals surface area contributed by atoms with E-state index in [1.54, 1.807) is 29.3 Å². The number of fused-ring (bicyclic) bond motifs is 1. The van der Waals surface area contributed by atoms with Crippen LogP contribution in [0.5, 0.6) is 5.75 Å². The second-order valence-electron chi connectivity index (χ2n) is 7.50. The number of ether oxygens (including phenoxy) is 1. The Morgan fingerprint density at radius 1 is 1.25 bits per heavy atom. The molecule has 0 saturated heterocycles. The number of nitrogens with zero attached hydrogens (tertiary/aromatic N) is 3. The molecule has 150 valence electrons. The molecule has 0 atom stereocenters. The topological polar surface area (TPSA) is 88.5 Å². The van der Waals surface area contributed by atoms with Crippen LogP contribution >= 0.6 is 0 Å². The minimum Gasteiger partial charge on any atom is -0.490 e. The highest BCUT2D eigenvalue weighted by atomic mass is 19.1. The summed E-state index contributed by atoms with van der Waals surface area (Å²) in [6.45, 7) is 6.06. The van der Waals surface area contributed by atoms with Gasteiger partial charge in [-0.2, -0.15) is 5.10 Å². The van der Waals surface area contributed by atoms with Gasteiger partial charge in [0.15, 0.2) is 0 Å². The fourth-order valence-electron chi connectivity index (χ4n) is 2.84. The largest absolute Gasteiger partial charge is 0.490 e. The molecule has 0 radical (unpaired) electrons. The molecule has 3 rings (SSSR count). The third kappa shape index (κ3) is 4.41. The van der Waals surface area contributed by atoms with Gasteiger partial charge in [0.25, 0.3) is 0 Å². The molecule has 2 aromatic rings. The third-order valence-electron chi connectivity index (χ3n) is 4.17. The number of aromatic nitrogens is 2. The summed E-state index contributed by atoms with van der Waals surface area (Å²) in [6, 6.07) is 4.68. The van der Waals surface area contributed by atoms with E-state index in [1.807, 2.05) is 20.8 Å². The van der Waals surface area contributed by atoms with Crippen LogP contribution in [0.3, 0.4) is 0 Å². The van der Waals surface area contributed by atoms with Gasteiger partial charge in [-0.15, -0.1) is 0 Å². The molecular formula is C19H24FN5O3. The summed E-state index contributed by atoms with van der Waals surface area (Å²) in [5, 5.41) is 9.31. The molecule has 3 amide bonds. The number of benzene rings is 1. The standard InChI is InChI=1S/C19H24FN5O3/c1-19(2,3)17(26)25-8-9-28-16-5-4-13(10-15(16)25)22-18(27)23-14-11-21-24(12-14)7-6-20/h4-5,10-12H,6-9H2,1-3H3,(H2,22,23,27). The van der Waals surface area contributed by atoms with E-state index in [1.165, 1.54) is 10.9 Å². The van der Waals surface area contributed by atoms with Crippen molar-refractivity contribution in [2.45, 2.75) is 27.3 Å². The molecule has 2 heterocycles. The van der Waals surface area contributed by atoms with Crippen molar-refractivity contribution in [1.29, 1.82) is 0 Å². The normalized spacial score (nSPS) is 13.5. The van der Waals surface area contributed by atoms with Gasteiger partial charge >= 0.3 is 6.03 Å². The Morgan fingerprint density at radius 3 is 2.71 bits per heavy atom. The monoisotopic (exact) mass is 389 g/mol. The van der Waals surface area contributed by atoms with Gasteiger partial charge in [0.05, 0.1) is 30.7 Å². The number of rotatable bonds is 4. The highest BCUT2D eigenvalue weighted by molar-refractivity contribution is 6.02. The molecule has 0 fully saturated rings. The minimum atomic E-state index is -0.533. The van der Waals surface area contributed by atoms with Crippen molar-refractivity contribution in [1.82, 2.24) is 9.78 Å². The highest BCUT2D eigenvalue weighted by Crippen LogP contribution is 2.36. The maximum atomic E-state index is 12.7. The van der Waals surface area contributed by atoms with E-state index >= 15 is 0 Å². The Morgan fingerprint density at radius 2 is 2.00 bits per heavy atom. The first-order valence-corrected chi connectivity index (χ1v) is 9.03. The molecule has 2 N–H and O–H groups in total. The average molecular weight is 389 g/mol. The average Bonchev–Trinajstić information content (AvgIpc) is 3.07. The van der Waals surface area contributed by atoms with Gasteiger partial charge < -0.3 is 20.3 Å². The molecule has 0 saturated carbocycles. The van der Waals surface area contributed by atoms with Gasteiger partial charge in [-0.1, -0.05) is 20.8 Å². The van der Waals surface area contributed by atoms with E-state index in [-0.39, 0.29) is 12.5 Å². The van der Waals surface area contributed by atoms with Crippen LogP contribution in [0, 0.1) is 5.41 Å². The lowest BCUT2D eigenvalue weighted by molar-refractivity contribution is -0.126. The lowest BCUT2D eigenvalue weighted by Gasteiger charge is -2.34. The molecular weight excluding hydrogens is 365 g/mol. The van der Waals surface area contributed by atoms with Gasteiger partial charge in [-0.05, 0) is 18.2 Å². The number of carbonyl (C=O) groups excluding carboxylic acids is 2. The second kappa shape index (κ2) is 7.87. The van der Waals surface area contributed by atoms with Crippen molar-refractivity contribution in [3.63, 3.8) is 0 Å². The van der Waals surface area contributed by atoms with E-state index in [4.69, 9.17) is 4.74 Å². The summed E-state index contributed by atoms with van der Waals surface area (Å²) < 4.78 is 19.4. The van der Waals surface area contributed by atoms with Gasteiger partial charge in [0.1, 0.15) is 19.0 Å². The first-order valence-electron chi connectivity index (χ1n) is 9.03. The lowest BCUT2D eigenvalue weighted by Crippen LogP contribution is -2.44. The zero-order valence-electron chi connectivity index (χ0n) is 16.2. The van der Waals surface area contributed by atoms with Crippen molar-refractivity contribution in [2.75, 3.05) is 35.4 Å². The quantitative estimate of drug-likeness (QED) is 0.840. The number of amides is 3. The number of hydrogen-bond donors (Lipinski definition) is 2. The fourth-order valence-corrected chi connectivity index (χ4v) is 2.84. The van der Waals surface area contributed by atoms with Gasteiger partial charge in [-0.25, -0.2) is 9.18 Å². The number of nitrogens with one attached hydrogen (secondary N) is 2. The van der Waals surface area contributed by atoms with Crippen LogP contribution < -0.4 is 20.3 Å². The molecule has 28 heavy (non-hydrogen) atoms. The van der Waals surface area contributed by atoms with Crippen molar-refractivity contribution in [3.05, 3.63) is 30.6 Å². The molecule has 0 spiro atoms. The molecule has 0 aliphatic carbocycles. The maximum absolute atomic E-state index is 12.7. The van der Waals surface area contributed by atoms with Crippen LogP contribution in [0.4, 0.5) is 26.2 Å². The first-order chi connectivity index (χ1) is 13.3. The molecule has 1 aliphatic heterocycles. The molecule has 1 aromatic heterocycles. The lowest BCUT2D eigenvalue weighted by atomic mass is 9.94. The number of anilines is 3. The summed E-state index contributed by atoms with van der Waals surface area (Å²) in [6.07, 6.45) is 2.99. The Kier molecular flexibility index (Phi) is 5.53. The predicted molar refractivity (Wildman–Crippen MR) is 105 cm³/mol. The van der Waals surface area contributed by atoms with Gasteiger partial charge in [-0.3, -0.25) is 9.48 Å². The minimum absolute atomic E-state index is 0.0149. The Hall–Kier alpha value is -3.10. The SMILES string of the molecule is CC(C)(C)C(=O)N1CCOc2ccc(NC(=O)Nc3cnn(CCF)c3)cc21. The number of hydrogen-bond acceptors (Lipinski definition) is 4. The number of aryl methyl sites for hydroxylation is 1. The molecule has 0 bridgehead atoms. The fraction of sp³-hybridized carbons (Fsp3) is 0.421. The van der Waals surface area contributed by atoms with Gasteiger partial charge in [0.2, 0.25) is 5.91 Å². The predicted octanol–water partition coefficient (Wildman–Crippen LogP) is 3.27.